The summed E-state index contributed by atoms with van der Waals surface area (Å²) < 4.78 is 0. The van der Waals surface area contributed by atoms with Crippen molar-refractivity contribution in [2.24, 2.45) is 0 Å². The van der Waals surface area contributed by atoms with Crippen molar-refractivity contribution >= 4 is 0 Å². The summed E-state index contributed by atoms with van der Waals surface area (Å²) in [5, 5.41) is 3.40. The summed E-state index contributed by atoms with van der Waals surface area (Å²) in [6, 6.07) is 14.2. The van der Waals surface area contributed by atoms with Crippen LogP contribution >= 0.6 is 0 Å². The van der Waals surface area contributed by atoms with Gasteiger partial charge in [-0.3, -0.25) is 0 Å². The van der Waals surface area contributed by atoms with Crippen LogP contribution in [0.5, 0.6) is 0 Å². The second kappa shape index (κ2) is 4.82. The van der Waals surface area contributed by atoms with E-state index >= 15 is 0 Å². The lowest BCUT2D eigenvalue weighted by atomic mass is 9.97. The monoisotopic (exact) mass is 251 g/mol. The first-order chi connectivity index (χ1) is 9.19. The zero-order chi connectivity index (χ0) is 13.4. The molecule has 2 aromatic carbocycles. The van der Waals surface area contributed by atoms with Gasteiger partial charge in [-0.15, -0.1) is 0 Å². The Balaban J connectivity index is 2.01. The van der Waals surface area contributed by atoms with E-state index in [-0.39, 0.29) is 0 Å². The van der Waals surface area contributed by atoms with Crippen molar-refractivity contribution < 1.29 is 0 Å². The second-order valence-corrected chi connectivity index (χ2v) is 5.59. The van der Waals surface area contributed by atoms with Crippen molar-refractivity contribution in [3.63, 3.8) is 0 Å². The Kier molecular flexibility index (Phi) is 3.16. The Labute approximate surface area is 115 Å². The van der Waals surface area contributed by atoms with Crippen molar-refractivity contribution in [1.29, 1.82) is 0 Å². The fourth-order valence-corrected chi connectivity index (χ4v) is 3.02. The molecule has 1 heteroatoms. The first kappa shape index (κ1) is 12.4. The Morgan fingerprint density at radius 3 is 2.42 bits per heavy atom. The van der Waals surface area contributed by atoms with Gasteiger partial charge in [0.1, 0.15) is 0 Å². The number of hydrogen-bond donors (Lipinski definition) is 1. The Morgan fingerprint density at radius 2 is 1.68 bits per heavy atom. The molecule has 1 aliphatic rings. The van der Waals surface area contributed by atoms with Crippen molar-refractivity contribution in [2.75, 3.05) is 7.05 Å². The van der Waals surface area contributed by atoms with Crippen LogP contribution in [0.1, 0.15) is 34.7 Å². The van der Waals surface area contributed by atoms with Crippen LogP contribution in [-0.4, -0.2) is 7.05 Å². The first-order valence-electron chi connectivity index (χ1n) is 7.07. The number of nitrogens with one attached hydrogen (secondary N) is 1. The van der Waals surface area contributed by atoms with Crippen molar-refractivity contribution in [1.82, 2.24) is 5.32 Å². The number of fused-ring (bicyclic) bond motifs is 1. The van der Waals surface area contributed by atoms with Gasteiger partial charge in [0.2, 0.25) is 0 Å². The van der Waals surface area contributed by atoms with Gasteiger partial charge in [0.25, 0.3) is 0 Å². The summed E-state index contributed by atoms with van der Waals surface area (Å²) in [5.41, 5.74) is 8.40. The predicted octanol–water partition coefficient (Wildman–Crippen LogP) is 4.18. The van der Waals surface area contributed by atoms with E-state index in [9.17, 15) is 0 Å². The molecule has 1 N–H and O–H groups in total. The SMILES string of the molecule is CNC1CCc2cc(-c3ccc(C)c(C)c3)ccc21. The number of benzene rings is 2. The lowest BCUT2D eigenvalue weighted by Crippen LogP contribution is -2.12. The van der Waals surface area contributed by atoms with Gasteiger partial charge in [0.05, 0.1) is 0 Å². The minimum Gasteiger partial charge on any atom is -0.313 e. The molecule has 1 unspecified atom stereocenters. The largest absolute Gasteiger partial charge is 0.313 e. The van der Waals surface area contributed by atoms with Gasteiger partial charge >= 0.3 is 0 Å². The molecule has 2 aromatic rings. The van der Waals surface area contributed by atoms with Crippen molar-refractivity contribution in [3.8, 4) is 11.1 Å². The molecule has 0 saturated carbocycles. The van der Waals surface area contributed by atoms with Gasteiger partial charge in [-0.25, -0.2) is 0 Å². The van der Waals surface area contributed by atoms with E-state index in [2.05, 4.69) is 62.6 Å². The van der Waals surface area contributed by atoms with E-state index in [0.717, 1.165) is 0 Å². The highest BCUT2D eigenvalue weighted by molar-refractivity contribution is 5.66. The van der Waals surface area contributed by atoms with E-state index < -0.39 is 0 Å². The standard InChI is InChI=1S/C18H21N/c1-12-4-5-14(10-13(12)2)15-6-8-17-16(11-15)7-9-18(17)19-3/h4-6,8,10-11,18-19H,7,9H2,1-3H3. The molecule has 0 radical (unpaired) electrons. The summed E-state index contributed by atoms with van der Waals surface area (Å²) in [4.78, 5) is 0. The Hall–Kier alpha value is -1.60. The average molecular weight is 251 g/mol. The molecule has 0 saturated heterocycles. The summed E-state index contributed by atoms with van der Waals surface area (Å²) in [5.74, 6) is 0. The van der Waals surface area contributed by atoms with Gasteiger partial charge in [0.15, 0.2) is 0 Å². The molecule has 0 aliphatic heterocycles. The molecule has 0 fully saturated rings. The second-order valence-electron chi connectivity index (χ2n) is 5.59. The molecular formula is C18H21N. The minimum absolute atomic E-state index is 0.545. The van der Waals surface area contributed by atoms with E-state index in [1.54, 1.807) is 0 Å². The van der Waals surface area contributed by atoms with E-state index in [1.165, 1.54) is 46.2 Å². The topological polar surface area (TPSA) is 12.0 Å². The molecule has 1 atom stereocenters. The van der Waals surface area contributed by atoms with Gasteiger partial charge < -0.3 is 5.32 Å². The van der Waals surface area contributed by atoms with Gasteiger partial charge in [-0.1, -0.05) is 36.4 Å². The smallest absolute Gasteiger partial charge is 0.0323 e. The van der Waals surface area contributed by atoms with E-state index in [0.29, 0.717) is 6.04 Å². The van der Waals surface area contributed by atoms with Crippen molar-refractivity contribution in [2.45, 2.75) is 32.7 Å². The Morgan fingerprint density at radius 1 is 0.947 bits per heavy atom. The highest BCUT2D eigenvalue weighted by Gasteiger charge is 2.20. The molecular weight excluding hydrogens is 230 g/mol. The van der Waals surface area contributed by atoms with Crippen LogP contribution in [0.25, 0.3) is 11.1 Å². The van der Waals surface area contributed by atoms with Crippen LogP contribution in [0.2, 0.25) is 0 Å². The molecule has 0 bridgehead atoms. The summed E-state index contributed by atoms with van der Waals surface area (Å²) in [6.07, 6.45) is 2.42. The Bertz CT molecular complexity index is 613. The van der Waals surface area contributed by atoms with Crippen LogP contribution in [-0.2, 0) is 6.42 Å². The molecule has 0 spiro atoms. The fraction of sp³-hybridized carbons (Fsp3) is 0.333. The molecule has 1 nitrogen and oxygen atoms in total. The fourth-order valence-electron chi connectivity index (χ4n) is 3.02. The maximum atomic E-state index is 3.40. The zero-order valence-corrected chi connectivity index (χ0v) is 12.0. The quantitative estimate of drug-likeness (QED) is 0.844. The molecule has 0 amide bonds. The lowest BCUT2D eigenvalue weighted by Gasteiger charge is -2.11. The normalized spacial score (nSPS) is 17.5. The molecule has 0 aromatic heterocycles. The third-order valence-electron chi connectivity index (χ3n) is 4.41. The van der Waals surface area contributed by atoms with Crippen LogP contribution in [0.15, 0.2) is 36.4 Å². The maximum absolute atomic E-state index is 3.40. The molecule has 3 rings (SSSR count). The third-order valence-corrected chi connectivity index (χ3v) is 4.41. The zero-order valence-electron chi connectivity index (χ0n) is 12.0. The third kappa shape index (κ3) is 2.19. The molecule has 1 aliphatic carbocycles. The maximum Gasteiger partial charge on any atom is 0.0323 e. The van der Waals surface area contributed by atoms with Crippen LogP contribution in [0, 0.1) is 13.8 Å². The highest BCUT2D eigenvalue weighted by Crippen LogP contribution is 2.34. The summed E-state index contributed by atoms with van der Waals surface area (Å²) in [6.45, 7) is 4.35. The van der Waals surface area contributed by atoms with Gasteiger partial charge in [-0.05, 0) is 67.1 Å². The molecule has 19 heavy (non-hydrogen) atoms. The van der Waals surface area contributed by atoms with Crippen LogP contribution < -0.4 is 5.32 Å². The van der Waals surface area contributed by atoms with Crippen LogP contribution in [0.3, 0.4) is 0 Å². The van der Waals surface area contributed by atoms with Gasteiger partial charge in [-0.2, -0.15) is 0 Å². The van der Waals surface area contributed by atoms with Crippen molar-refractivity contribution in [3.05, 3.63) is 58.7 Å². The minimum atomic E-state index is 0.545. The number of aryl methyl sites for hydroxylation is 3. The van der Waals surface area contributed by atoms with E-state index in [1.807, 2.05) is 0 Å². The summed E-state index contributed by atoms with van der Waals surface area (Å²) in [7, 11) is 2.05. The summed E-state index contributed by atoms with van der Waals surface area (Å²) >= 11 is 0. The number of hydrogen-bond acceptors (Lipinski definition) is 1. The average Bonchev–Trinajstić information content (AvgIpc) is 2.84. The van der Waals surface area contributed by atoms with E-state index in [4.69, 9.17) is 0 Å². The first-order valence-corrected chi connectivity index (χ1v) is 7.07. The number of rotatable bonds is 2. The molecule has 0 heterocycles. The lowest BCUT2D eigenvalue weighted by molar-refractivity contribution is 0.590. The highest BCUT2D eigenvalue weighted by atomic mass is 14.9. The van der Waals surface area contributed by atoms with Crippen LogP contribution in [0.4, 0.5) is 0 Å². The molecule has 98 valence electrons. The van der Waals surface area contributed by atoms with Gasteiger partial charge in [0, 0.05) is 6.04 Å². The predicted molar refractivity (Wildman–Crippen MR) is 81.5 cm³/mol.